The first-order chi connectivity index (χ1) is 15.5. The van der Waals surface area contributed by atoms with Gasteiger partial charge in [0.1, 0.15) is 11.1 Å². The quantitative estimate of drug-likeness (QED) is 0.681. The fraction of sp³-hybridized carbons (Fsp3) is 0.500. The second kappa shape index (κ2) is 9.68. The van der Waals surface area contributed by atoms with Crippen LogP contribution in [0.15, 0.2) is 41.3 Å². The lowest BCUT2D eigenvalue weighted by Gasteiger charge is -2.40. The smallest absolute Gasteiger partial charge is 0.194 e. The minimum atomic E-state index is -3.57. The minimum absolute atomic E-state index is 0.0741. The zero-order valence-electron chi connectivity index (χ0n) is 19.0. The summed E-state index contributed by atoms with van der Waals surface area (Å²) < 4.78 is 44.0. The molecule has 1 atom stereocenters. The third-order valence-electron chi connectivity index (χ3n) is 6.60. The predicted octanol–water partition coefficient (Wildman–Crippen LogP) is 2.87. The van der Waals surface area contributed by atoms with E-state index in [9.17, 15) is 8.42 Å². The molecule has 0 spiro atoms. The van der Waals surface area contributed by atoms with E-state index in [-0.39, 0.29) is 5.92 Å². The van der Waals surface area contributed by atoms with Crippen molar-refractivity contribution in [3.63, 3.8) is 0 Å². The molecule has 2 heterocycles. The van der Waals surface area contributed by atoms with Crippen molar-refractivity contribution in [3.05, 3.63) is 47.5 Å². The molecule has 0 radical (unpaired) electrons. The normalized spacial score (nSPS) is 18.6. The maximum absolute atomic E-state index is 13.9. The lowest BCUT2D eigenvalue weighted by Crippen LogP contribution is -2.50. The molecule has 174 valence electrons. The molecule has 2 aliphatic heterocycles. The Hall–Kier alpha value is -2.29. The van der Waals surface area contributed by atoms with Crippen molar-refractivity contribution in [1.29, 1.82) is 0 Å². The highest BCUT2D eigenvalue weighted by Crippen LogP contribution is 2.37. The summed E-state index contributed by atoms with van der Waals surface area (Å²) in [6.45, 7) is 2.94. The summed E-state index contributed by atoms with van der Waals surface area (Å²) in [5.74, 6) is 2.10. The Morgan fingerprint density at radius 2 is 1.56 bits per heavy atom. The Balaban J connectivity index is 1.69. The number of nitrogens with zero attached hydrogens (tertiary/aromatic N) is 1. The number of hydrogen-bond donors (Lipinski definition) is 1. The van der Waals surface area contributed by atoms with E-state index >= 15 is 0 Å². The maximum atomic E-state index is 13.9. The van der Waals surface area contributed by atoms with Crippen molar-refractivity contribution < 1.29 is 22.6 Å². The number of methoxy groups -OCH3 is 3. The van der Waals surface area contributed by atoms with Gasteiger partial charge in [-0.1, -0.05) is 0 Å². The molecule has 4 rings (SSSR count). The summed E-state index contributed by atoms with van der Waals surface area (Å²) in [6, 6.07) is 10.8. The molecule has 1 saturated heterocycles. The Morgan fingerprint density at radius 1 is 0.938 bits per heavy atom. The average Bonchev–Trinajstić information content (AvgIpc) is 2.83. The molecule has 0 aliphatic carbocycles. The average molecular weight is 461 g/mol. The van der Waals surface area contributed by atoms with E-state index in [1.54, 1.807) is 45.6 Å². The summed E-state index contributed by atoms with van der Waals surface area (Å²) >= 11 is 0. The highest BCUT2D eigenvalue weighted by Gasteiger charge is 2.41. The largest absolute Gasteiger partial charge is 0.497 e. The fourth-order valence-corrected chi connectivity index (χ4v) is 7.05. The second-order valence-electron chi connectivity index (χ2n) is 8.39. The highest BCUT2D eigenvalue weighted by atomic mass is 32.2. The van der Waals surface area contributed by atoms with Crippen molar-refractivity contribution in [1.82, 2.24) is 10.2 Å². The van der Waals surface area contributed by atoms with Crippen LogP contribution in [0.3, 0.4) is 0 Å². The lowest BCUT2D eigenvalue weighted by atomic mass is 9.94. The summed E-state index contributed by atoms with van der Waals surface area (Å²) in [5, 5.41) is 2.79. The van der Waals surface area contributed by atoms with Crippen molar-refractivity contribution in [2.24, 2.45) is 5.92 Å². The van der Waals surface area contributed by atoms with Gasteiger partial charge in [0.25, 0.3) is 0 Å². The van der Waals surface area contributed by atoms with Crippen molar-refractivity contribution >= 4 is 9.84 Å². The number of piperidine rings is 1. The molecule has 2 aromatic carbocycles. The number of sulfone groups is 1. The Morgan fingerprint density at radius 3 is 2.16 bits per heavy atom. The van der Waals surface area contributed by atoms with E-state index in [1.807, 2.05) is 12.1 Å². The fourth-order valence-electron chi connectivity index (χ4n) is 4.90. The van der Waals surface area contributed by atoms with Crippen LogP contribution < -0.4 is 19.5 Å². The van der Waals surface area contributed by atoms with Gasteiger partial charge in [0.15, 0.2) is 21.3 Å². The van der Waals surface area contributed by atoms with E-state index in [4.69, 9.17) is 14.2 Å². The lowest BCUT2D eigenvalue weighted by molar-refractivity contribution is 0.159. The molecule has 2 aliphatic rings. The topological polar surface area (TPSA) is 77.1 Å². The molecule has 0 bridgehead atoms. The first-order valence-corrected chi connectivity index (χ1v) is 12.6. The second-order valence-corrected chi connectivity index (χ2v) is 10.4. The zero-order chi connectivity index (χ0) is 22.7. The molecule has 0 aromatic heterocycles. The monoisotopic (exact) mass is 460 g/mol. The van der Waals surface area contributed by atoms with Crippen LogP contribution in [-0.4, -0.2) is 59.7 Å². The van der Waals surface area contributed by atoms with Gasteiger partial charge in [0.2, 0.25) is 0 Å². The van der Waals surface area contributed by atoms with Gasteiger partial charge in [-0.3, -0.25) is 4.90 Å². The first kappa shape index (κ1) is 22.9. The van der Waals surface area contributed by atoms with Crippen LogP contribution in [-0.2, 0) is 22.8 Å². The number of rotatable bonds is 7. The molecule has 8 heteroatoms. The van der Waals surface area contributed by atoms with E-state index in [2.05, 4.69) is 10.2 Å². The molecule has 0 saturated carbocycles. The van der Waals surface area contributed by atoms with Gasteiger partial charge in [-0.05, 0) is 85.8 Å². The standard InChI is InChI=1S/C24H32N2O5S/c1-29-20-4-6-21(7-5-20)32(27,28)24(17-8-11-25-12-9-17)26-13-10-18-14-22(30-2)23(31-3)15-19(18)16-26/h4-7,14-15,17,24-25H,8-13,16H2,1-3H3. The van der Waals surface area contributed by atoms with E-state index in [0.717, 1.165) is 37.9 Å². The van der Waals surface area contributed by atoms with Gasteiger partial charge in [0.05, 0.1) is 26.2 Å². The Labute approximate surface area is 190 Å². The number of ether oxygens (including phenoxy) is 3. The van der Waals surface area contributed by atoms with Crippen LogP contribution in [0, 0.1) is 5.92 Å². The SMILES string of the molecule is COc1ccc(S(=O)(=O)C(C2CCNCC2)N2CCc3cc(OC)c(OC)cc3C2)cc1. The minimum Gasteiger partial charge on any atom is -0.497 e. The molecule has 2 aromatic rings. The molecule has 7 nitrogen and oxygen atoms in total. The number of hydrogen-bond acceptors (Lipinski definition) is 7. The van der Waals surface area contributed by atoms with E-state index < -0.39 is 15.2 Å². The van der Waals surface area contributed by atoms with Crippen LogP contribution in [0.5, 0.6) is 17.2 Å². The summed E-state index contributed by atoms with van der Waals surface area (Å²) in [5.41, 5.74) is 2.28. The van der Waals surface area contributed by atoms with Gasteiger partial charge in [0, 0.05) is 13.1 Å². The van der Waals surface area contributed by atoms with Crippen LogP contribution in [0.1, 0.15) is 24.0 Å². The van der Waals surface area contributed by atoms with Gasteiger partial charge in [-0.15, -0.1) is 0 Å². The molecule has 1 N–H and O–H groups in total. The molecule has 1 unspecified atom stereocenters. The Bertz CT molecular complexity index is 1030. The summed E-state index contributed by atoms with van der Waals surface area (Å²) in [4.78, 5) is 2.49. The molecule has 32 heavy (non-hydrogen) atoms. The maximum Gasteiger partial charge on any atom is 0.194 e. The van der Waals surface area contributed by atoms with Gasteiger partial charge in [-0.25, -0.2) is 8.42 Å². The number of fused-ring (bicyclic) bond motifs is 1. The molecule has 1 fully saturated rings. The molecular weight excluding hydrogens is 428 g/mol. The van der Waals surface area contributed by atoms with Crippen LogP contribution in [0.2, 0.25) is 0 Å². The number of benzene rings is 2. The third-order valence-corrected chi connectivity index (χ3v) is 8.85. The van der Waals surface area contributed by atoms with E-state index in [1.165, 1.54) is 5.56 Å². The predicted molar refractivity (Wildman–Crippen MR) is 123 cm³/mol. The first-order valence-electron chi connectivity index (χ1n) is 11.0. The van der Waals surface area contributed by atoms with Crippen molar-refractivity contribution in [3.8, 4) is 17.2 Å². The number of nitrogens with one attached hydrogen (secondary N) is 1. The van der Waals surface area contributed by atoms with Crippen LogP contribution in [0.25, 0.3) is 0 Å². The molecule has 0 amide bonds. The van der Waals surface area contributed by atoms with E-state index in [0.29, 0.717) is 35.2 Å². The Kier molecular flexibility index (Phi) is 6.93. The van der Waals surface area contributed by atoms with Gasteiger partial charge < -0.3 is 19.5 Å². The van der Waals surface area contributed by atoms with Crippen molar-refractivity contribution in [2.75, 3.05) is 41.0 Å². The summed E-state index contributed by atoms with van der Waals surface area (Å²) in [6.07, 6.45) is 2.46. The molecular formula is C24H32N2O5S. The van der Waals surface area contributed by atoms with Gasteiger partial charge >= 0.3 is 0 Å². The van der Waals surface area contributed by atoms with Crippen molar-refractivity contribution in [2.45, 2.75) is 36.1 Å². The van der Waals surface area contributed by atoms with Gasteiger partial charge in [-0.2, -0.15) is 0 Å². The third kappa shape index (κ3) is 4.44. The van der Waals surface area contributed by atoms with Crippen LogP contribution >= 0.6 is 0 Å². The highest BCUT2D eigenvalue weighted by molar-refractivity contribution is 7.92. The zero-order valence-corrected chi connectivity index (χ0v) is 19.8. The van der Waals surface area contributed by atoms with Crippen LogP contribution in [0.4, 0.5) is 0 Å². The summed E-state index contributed by atoms with van der Waals surface area (Å²) in [7, 11) is 1.26.